The van der Waals surface area contributed by atoms with Crippen molar-refractivity contribution < 1.29 is 0 Å². The first-order valence-electron chi connectivity index (χ1n) is 2.64. The molecule has 0 radical (unpaired) electrons. The van der Waals surface area contributed by atoms with E-state index in [2.05, 4.69) is 17.2 Å². The molecule has 0 saturated heterocycles. The summed E-state index contributed by atoms with van der Waals surface area (Å²) < 4.78 is 0. The van der Waals surface area contributed by atoms with Crippen LogP contribution in [0.25, 0.3) is 0 Å². The van der Waals surface area contributed by atoms with E-state index in [-0.39, 0.29) is 24.3 Å². The highest BCUT2D eigenvalue weighted by atomic mass is 35.5. The average Bonchev–Trinajstić information content (AvgIpc) is 1.58. The third-order valence-corrected chi connectivity index (χ3v) is 0.598. The lowest BCUT2D eigenvalue weighted by Gasteiger charge is -2.06. The van der Waals surface area contributed by atoms with E-state index in [0.717, 1.165) is 0 Å². The maximum absolute atomic E-state index is 7.05. The van der Waals surface area contributed by atoms with Crippen LogP contribution in [0.15, 0.2) is 12.3 Å². The summed E-state index contributed by atoms with van der Waals surface area (Å²) in [5.74, 6) is -0.307. The van der Waals surface area contributed by atoms with Crippen LogP contribution in [-0.4, -0.2) is 11.9 Å². The first kappa shape index (κ1) is 12.4. The molecule has 0 amide bonds. The highest BCUT2D eigenvalue weighted by Crippen LogP contribution is 1.74. The van der Waals surface area contributed by atoms with Gasteiger partial charge in [0, 0.05) is 5.70 Å². The highest BCUT2D eigenvalue weighted by molar-refractivity contribution is 5.95. The molecule has 6 heteroatoms. The molecular formula is C5H12ClN5. The first-order chi connectivity index (χ1) is 4.52. The Balaban J connectivity index is 0. The van der Waals surface area contributed by atoms with Crippen molar-refractivity contribution in [2.45, 2.75) is 6.92 Å². The molecule has 0 unspecified atom stereocenters. The third kappa shape index (κ3) is 8.77. The minimum atomic E-state index is -0.265. The predicted molar refractivity (Wildman–Crippen MR) is 48.0 cm³/mol. The number of rotatable bonds is 1. The van der Waals surface area contributed by atoms with E-state index in [9.17, 15) is 0 Å². The van der Waals surface area contributed by atoms with Gasteiger partial charge in [0.05, 0.1) is 0 Å². The normalized spacial score (nSPS) is 7.36. The molecule has 5 nitrogen and oxygen atoms in total. The molecule has 0 aliphatic rings. The van der Waals surface area contributed by atoms with Gasteiger partial charge in [-0.2, -0.15) is 0 Å². The van der Waals surface area contributed by atoms with E-state index >= 15 is 0 Å². The third-order valence-electron chi connectivity index (χ3n) is 0.598. The van der Waals surface area contributed by atoms with Crippen molar-refractivity contribution in [2.75, 3.05) is 0 Å². The van der Waals surface area contributed by atoms with E-state index < -0.39 is 0 Å². The summed E-state index contributed by atoms with van der Waals surface area (Å²) in [5.41, 5.74) is 5.55. The number of nitrogens with two attached hydrogens (primary N) is 1. The second-order valence-corrected chi connectivity index (χ2v) is 1.82. The molecule has 0 fully saturated rings. The van der Waals surface area contributed by atoms with Crippen molar-refractivity contribution in [3.8, 4) is 0 Å². The number of halogens is 1. The van der Waals surface area contributed by atoms with Crippen molar-refractivity contribution in [1.29, 1.82) is 10.8 Å². The van der Waals surface area contributed by atoms with Gasteiger partial charge in [0.25, 0.3) is 0 Å². The van der Waals surface area contributed by atoms with Crippen molar-refractivity contribution in [3.05, 3.63) is 12.3 Å². The lowest BCUT2D eigenvalue weighted by Crippen LogP contribution is -2.42. The smallest absolute Gasteiger partial charge is 0.199 e. The average molecular weight is 178 g/mol. The molecule has 6 N–H and O–H groups in total. The van der Waals surface area contributed by atoms with Crippen molar-refractivity contribution in [3.63, 3.8) is 0 Å². The van der Waals surface area contributed by atoms with Gasteiger partial charge in [-0.05, 0) is 6.92 Å². The van der Waals surface area contributed by atoms with E-state index in [0.29, 0.717) is 5.70 Å². The molecule has 0 aromatic heterocycles. The van der Waals surface area contributed by atoms with Gasteiger partial charge in [0.15, 0.2) is 11.9 Å². The molecule has 0 saturated carbocycles. The summed E-state index contributed by atoms with van der Waals surface area (Å²) in [7, 11) is 0. The molecule has 0 spiro atoms. The second-order valence-electron chi connectivity index (χ2n) is 1.82. The van der Waals surface area contributed by atoms with E-state index in [1.54, 1.807) is 6.92 Å². The van der Waals surface area contributed by atoms with E-state index in [4.69, 9.17) is 16.6 Å². The molecular weight excluding hydrogens is 166 g/mol. The lowest BCUT2D eigenvalue weighted by molar-refractivity contribution is 1.03. The molecule has 0 heterocycles. The fraction of sp³-hybridized carbons (Fsp3) is 0.200. The Morgan fingerprint density at radius 3 is 2.09 bits per heavy atom. The summed E-state index contributed by atoms with van der Waals surface area (Å²) in [6.45, 7) is 5.20. The van der Waals surface area contributed by atoms with Gasteiger partial charge in [-0.15, -0.1) is 12.4 Å². The van der Waals surface area contributed by atoms with Crippen LogP contribution in [0.3, 0.4) is 0 Å². The Morgan fingerprint density at radius 1 is 1.36 bits per heavy atom. The Labute approximate surface area is 71.5 Å². The minimum Gasteiger partial charge on any atom is -0.370 e. The van der Waals surface area contributed by atoms with Gasteiger partial charge in [-0.25, -0.2) is 0 Å². The molecule has 0 aromatic carbocycles. The highest BCUT2D eigenvalue weighted by Gasteiger charge is 1.93. The van der Waals surface area contributed by atoms with Crippen LogP contribution in [0.2, 0.25) is 0 Å². The van der Waals surface area contributed by atoms with Crippen LogP contribution in [0.5, 0.6) is 0 Å². The summed E-state index contributed by atoms with van der Waals surface area (Å²) >= 11 is 0. The number of hydrogen-bond donors (Lipinski definition) is 5. The second kappa shape index (κ2) is 5.55. The molecule has 0 atom stereocenters. The molecule has 0 rings (SSSR count). The van der Waals surface area contributed by atoms with Crippen LogP contribution in [0.4, 0.5) is 0 Å². The molecule has 64 valence electrons. The van der Waals surface area contributed by atoms with Gasteiger partial charge < -0.3 is 11.1 Å². The van der Waals surface area contributed by atoms with E-state index in [1.807, 2.05) is 0 Å². The maximum Gasteiger partial charge on any atom is 0.199 e. The topological polar surface area (TPSA) is 97.8 Å². The number of guanidine groups is 2. The van der Waals surface area contributed by atoms with Gasteiger partial charge >= 0.3 is 0 Å². The number of hydrogen-bond acceptors (Lipinski definition) is 2. The predicted octanol–water partition coefficient (Wildman–Crippen LogP) is -0.0508. The largest absolute Gasteiger partial charge is 0.370 e. The maximum atomic E-state index is 7.05. The number of nitrogens with one attached hydrogen (secondary N) is 4. The fourth-order valence-corrected chi connectivity index (χ4v) is 0.379. The Kier molecular flexibility index (Phi) is 6.28. The molecule has 0 bridgehead atoms. The molecule has 0 aromatic rings. The van der Waals surface area contributed by atoms with Crippen LogP contribution in [0.1, 0.15) is 6.92 Å². The van der Waals surface area contributed by atoms with Gasteiger partial charge in [-0.3, -0.25) is 16.1 Å². The monoisotopic (exact) mass is 177 g/mol. The van der Waals surface area contributed by atoms with Crippen LogP contribution >= 0.6 is 12.4 Å². The van der Waals surface area contributed by atoms with Gasteiger partial charge in [0.2, 0.25) is 0 Å². The summed E-state index contributed by atoms with van der Waals surface area (Å²) in [6, 6.07) is 0. The SMILES string of the molecule is C=C(C)NC(=N)NC(=N)N.Cl. The lowest BCUT2D eigenvalue weighted by atomic mass is 10.6. The zero-order chi connectivity index (χ0) is 8.15. The standard InChI is InChI=1S/C5H11N5.ClH/c1-3(2)9-5(8)10-4(6)7;/h1H2,2H3,(H6,6,7,8,9,10);1H. The van der Waals surface area contributed by atoms with Crippen molar-refractivity contribution >= 4 is 24.3 Å². The zero-order valence-electron chi connectivity index (χ0n) is 6.19. The minimum absolute atomic E-state index is 0. The van der Waals surface area contributed by atoms with Crippen molar-refractivity contribution in [1.82, 2.24) is 10.6 Å². The quantitative estimate of drug-likeness (QED) is 0.287. The Hall–Kier alpha value is -1.23. The van der Waals surface area contributed by atoms with Crippen molar-refractivity contribution in [2.24, 2.45) is 5.73 Å². The summed E-state index contributed by atoms with van der Waals surface area (Å²) in [5, 5.41) is 18.5. The molecule has 0 aliphatic carbocycles. The van der Waals surface area contributed by atoms with E-state index in [1.165, 1.54) is 0 Å². The Morgan fingerprint density at radius 2 is 1.82 bits per heavy atom. The van der Waals surface area contributed by atoms with Gasteiger partial charge in [0.1, 0.15) is 0 Å². The van der Waals surface area contributed by atoms with Crippen LogP contribution in [-0.2, 0) is 0 Å². The summed E-state index contributed by atoms with van der Waals surface area (Å²) in [4.78, 5) is 0. The summed E-state index contributed by atoms with van der Waals surface area (Å²) in [6.07, 6.45) is 0. The van der Waals surface area contributed by atoms with Gasteiger partial charge in [-0.1, -0.05) is 6.58 Å². The molecule has 0 aliphatic heterocycles. The van der Waals surface area contributed by atoms with Crippen LogP contribution < -0.4 is 16.4 Å². The van der Waals surface area contributed by atoms with Crippen LogP contribution in [0, 0.1) is 10.8 Å². The Bertz CT molecular complexity index is 158. The first-order valence-corrected chi connectivity index (χ1v) is 2.64. The number of allylic oxidation sites excluding steroid dienone is 1. The fourth-order valence-electron chi connectivity index (χ4n) is 0.379. The molecule has 11 heavy (non-hydrogen) atoms. The zero-order valence-corrected chi connectivity index (χ0v) is 7.01.